The van der Waals surface area contributed by atoms with Gasteiger partial charge in [-0.25, -0.2) is 13.4 Å². The molecule has 0 N–H and O–H groups in total. The zero-order chi connectivity index (χ0) is 22.1. The second-order valence-corrected chi connectivity index (χ2v) is 12.9. The molecule has 2 atom stereocenters. The molecule has 2 aliphatic heterocycles. The van der Waals surface area contributed by atoms with Gasteiger partial charge in [-0.05, 0) is 50.8 Å². The van der Waals surface area contributed by atoms with E-state index in [9.17, 15) is 13.2 Å². The predicted molar refractivity (Wildman–Crippen MR) is 129 cm³/mol. The summed E-state index contributed by atoms with van der Waals surface area (Å²) in [4.78, 5) is 22.9. The fourth-order valence-corrected chi connectivity index (χ4v) is 8.66. The van der Waals surface area contributed by atoms with E-state index in [-0.39, 0.29) is 35.5 Å². The van der Waals surface area contributed by atoms with E-state index in [2.05, 4.69) is 17.0 Å². The summed E-state index contributed by atoms with van der Waals surface area (Å²) in [5, 5.41) is 1.10. The van der Waals surface area contributed by atoms with Crippen LogP contribution in [0, 0.1) is 0 Å². The van der Waals surface area contributed by atoms with Crippen LogP contribution in [0.2, 0.25) is 0 Å². The largest absolute Gasteiger partial charge is 0.335 e. The van der Waals surface area contributed by atoms with Gasteiger partial charge >= 0.3 is 0 Å². The quantitative estimate of drug-likeness (QED) is 0.649. The van der Waals surface area contributed by atoms with Crippen LogP contribution in [-0.4, -0.2) is 65.8 Å². The maximum absolute atomic E-state index is 13.7. The van der Waals surface area contributed by atoms with Crippen molar-refractivity contribution in [3.05, 3.63) is 29.3 Å². The lowest BCUT2D eigenvalue weighted by molar-refractivity contribution is -0.138. The molecule has 8 heteroatoms. The maximum Gasteiger partial charge on any atom is 0.237 e. The van der Waals surface area contributed by atoms with Crippen LogP contribution in [0.25, 0.3) is 10.2 Å². The highest BCUT2D eigenvalue weighted by Gasteiger charge is 2.39. The summed E-state index contributed by atoms with van der Waals surface area (Å²) in [7, 11) is -3.03. The molecule has 1 saturated carbocycles. The number of thiazole rings is 1. The Morgan fingerprint density at radius 2 is 1.81 bits per heavy atom. The van der Waals surface area contributed by atoms with Crippen molar-refractivity contribution in [1.82, 2.24) is 14.8 Å². The minimum atomic E-state index is -3.03. The molecule has 3 heterocycles. The maximum atomic E-state index is 13.7. The molecule has 6 nitrogen and oxygen atoms in total. The third-order valence-corrected chi connectivity index (χ3v) is 10.3. The number of para-hydroxylation sites is 1. The monoisotopic (exact) mass is 475 g/mol. The molecule has 0 bridgehead atoms. The number of rotatable bonds is 5. The van der Waals surface area contributed by atoms with Crippen LogP contribution in [0.4, 0.5) is 0 Å². The van der Waals surface area contributed by atoms with Crippen LogP contribution in [0.5, 0.6) is 0 Å². The second kappa shape index (κ2) is 9.39. The third-order valence-electron chi connectivity index (χ3n) is 7.41. The highest BCUT2D eigenvalue weighted by atomic mass is 32.2. The van der Waals surface area contributed by atoms with Crippen molar-refractivity contribution in [2.45, 2.75) is 75.9 Å². The van der Waals surface area contributed by atoms with E-state index < -0.39 is 9.84 Å². The molecule has 5 rings (SSSR count). The summed E-state index contributed by atoms with van der Waals surface area (Å²) in [5.41, 5.74) is 1.03. The van der Waals surface area contributed by atoms with Gasteiger partial charge in [-0.1, -0.05) is 37.8 Å². The van der Waals surface area contributed by atoms with Crippen LogP contribution in [-0.2, 0) is 14.6 Å². The molecule has 3 fully saturated rings. The Hall–Kier alpha value is -1.51. The smallest absolute Gasteiger partial charge is 0.237 e. The first-order chi connectivity index (χ1) is 15.5. The Kier molecular flexibility index (Phi) is 6.54. The predicted octanol–water partition coefficient (Wildman–Crippen LogP) is 4.17. The summed E-state index contributed by atoms with van der Waals surface area (Å²) >= 11 is 1.74. The molecule has 32 heavy (non-hydrogen) atoms. The number of nitrogens with zero attached hydrogens (tertiary/aromatic N) is 3. The van der Waals surface area contributed by atoms with Gasteiger partial charge in [0.05, 0.1) is 34.3 Å². The first kappa shape index (κ1) is 22.3. The first-order valence-corrected chi connectivity index (χ1v) is 14.7. The Bertz CT molecular complexity index is 1030. The number of carbonyl (C=O) groups excluding carboxylic acids is 1. The van der Waals surface area contributed by atoms with E-state index in [0.717, 1.165) is 62.0 Å². The van der Waals surface area contributed by atoms with Crippen molar-refractivity contribution in [2.24, 2.45) is 0 Å². The lowest BCUT2D eigenvalue weighted by atomic mass is 9.92. The molecule has 2 unspecified atom stereocenters. The number of piperidine rings is 1. The molecule has 1 aromatic carbocycles. The Morgan fingerprint density at radius 3 is 2.56 bits per heavy atom. The highest BCUT2D eigenvalue weighted by molar-refractivity contribution is 7.91. The SMILES string of the molecule is O=C(CN1CCCCC1c1nc2ccccc2s1)N(C1CCCCC1)C1CCS(=O)(=O)C1. The molecule has 0 radical (unpaired) electrons. The summed E-state index contributed by atoms with van der Waals surface area (Å²) in [5.74, 6) is 0.468. The Balaban J connectivity index is 1.37. The summed E-state index contributed by atoms with van der Waals surface area (Å²) < 4.78 is 25.6. The standard InChI is InChI=1S/C24H33N3O3S2/c28-23(27(18-8-2-1-3-9-18)19-13-15-32(29,30)17-19)16-26-14-7-6-11-21(26)24-25-20-10-4-5-12-22(20)31-24/h4-5,10,12,18-19,21H,1-3,6-9,11,13-17H2. The van der Waals surface area contributed by atoms with E-state index in [0.29, 0.717) is 13.0 Å². The van der Waals surface area contributed by atoms with Crippen molar-refractivity contribution in [3.63, 3.8) is 0 Å². The van der Waals surface area contributed by atoms with Crippen molar-refractivity contribution in [2.75, 3.05) is 24.6 Å². The number of aromatic nitrogens is 1. The molecule has 1 aromatic heterocycles. The van der Waals surface area contributed by atoms with Gasteiger partial charge in [0.1, 0.15) is 5.01 Å². The van der Waals surface area contributed by atoms with Gasteiger partial charge < -0.3 is 4.90 Å². The van der Waals surface area contributed by atoms with Crippen molar-refractivity contribution in [1.29, 1.82) is 0 Å². The summed E-state index contributed by atoms with van der Waals surface area (Å²) in [6, 6.07) is 8.45. The molecule has 1 amide bonds. The normalized spacial score (nSPS) is 27.0. The number of carbonyl (C=O) groups is 1. The van der Waals surface area contributed by atoms with Crippen LogP contribution in [0.15, 0.2) is 24.3 Å². The van der Waals surface area contributed by atoms with E-state index in [1.54, 1.807) is 11.3 Å². The van der Waals surface area contributed by atoms with Crippen LogP contribution < -0.4 is 0 Å². The van der Waals surface area contributed by atoms with Gasteiger partial charge in [0.25, 0.3) is 0 Å². The minimum Gasteiger partial charge on any atom is -0.335 e. The van der Waals surface area contributed by atoms with Crippen LogP contribution >= 0.6 is 11.3 Å². The van der Waals surface area contributed by atoms with E-state index in [1.807, 2.05) is 17.0 Å². The number of amides is 1. The van der Waals surface area contributed by atoms with Gasteiger partial charge in [0.2, 0.25) is 5.91 Å². The number of sulfone groups is 1. The molecule has 174 valence electrons. The zero-order valence-corrected chi connectivity index (χ0v) is 20.2. The Labute approximate surface area is 194 Å². The number of hydrogen-bond donors (Lipinski definition) is 0. The van der Waals surface area contributed by atoms with Gasteiger partial charge in [-0.2, -0.15) is 0 Å². The minimum absolute atomic E-state index is 0.118. The number of hydrogen-bond acceptors (Lipinski definition) is 6. The summed E-state index contributed by atoms with van der Waals surface area (Å²) in [6.07, 6.45) is 9.34. The topological polar surface area (TPSA) is 70.6 Å². The highest BCUT2D eigenvalue weighted by Crippen LogP contribution is 2.36. The first-order valence-electron chi connectivity index (χ1n) is 12.1. The summed E-state index contributed by atoms with van der Waals surface area (Å²) in [6.45, 7) is 1.27. The second-order valence-electron chi connectivity index (χ2n) is 9.65. The number of fused-ring (bicyclic) bond motifs is 1. The van der Waals surface area contributed by atoms with Gasteiger partial charge in [-0.15, -0.1) is 11.3 Å². The fraction of sp³-hybridized carbons (Fsp3) is 0.667. The van der Waals surface area contributed by atoms with Crippen LogP contribution in [0.1, 0.15) is 68.8 Å². The molecule has 2 aromatic rings. The van der Waals surface area contributed by atoms with E-state index in [1.165, 1.54) is 11.1 Å². The van der Waals surface area contributed by atoms with E-state index in [4.69, 9.17) is 4.98 Å². The van der Waals surface area contributed by atoms with Crippen molar-refractivity contribution in [3.8, 4) is 0 Å². The third kappa shape index (κ3) is 4.73. The average molecular weight is 476 g/mol. The van der Waals surface area contributed by atoms with Crippen molar-refractivity contribution >= 4 is 37.3 Å². The Morgan fingerprint density at radius 1 is 1.03 bits per heavy atom. The number of likely N-dealkylation sites (tertiary alicyclic amines) is 1. The molecule has 2 saturated heterocycles. The molecule has 3 aliphatic rings. The van der Waals surface area contributed by atoms with Crippen LogP contribution in [0.3, 0.4) is 0 Å². The average Bonchev–Trinajstić information content (AvgIpc) is 3.38. The van der Waals surface area contributed by atoms with Gasteiger partial charge in [-0.3, -0.25) is 9.69 Å². The molecule has 1 aliphatic carbocycles. The lowest BCUT2D eigenvalue weighted by Gasteiger charge is -2.41. The molecule has 0 spiro atoms. The van der Waals surface area contributed by atoms with Gasteiger partial charge in [0.15, 0.2) is 9.84 Å². The van der Waals surface area contributed by atoms with Gasteiger partial charge in [0, 0.05) is 12.1 Å². The molecular weight excluding hydrogens is 442 g/mol. The molecular formula is C24H33N3O3S2. The fourth-order valence-electron chi connectivity index (χ4n) is 5.81. The lowest BCUT2D eigenvalue weighted by Crippen LogP contribution is -2.52. The van der Waals surface area contributed by atoms with Crippen molar-refractivity contribution < 1.29 is 13.2 Å². The van der Waals surface area contributed by atoms with E-state index >= 15 is 0 Å². The zero-order valence-electron chi connectivity index (χ0n) is 18.6. The number of benzene rings is 1.